The van der Waals surface area contributed by atoms with Crippen LogP contribution < -0.4 is 5.32 Å². The molecule has 0 radical (unpaired) electrons. The van der Waals surface area contributed by atoms with Gasteiger partial charge in [-0.05, 0) is 62.3 Å². The Morgan fingerprint density at radius 3 is 1.57 bits per heavy atom. The van der Waals surface area contributed by atoms with Crippen LogP contribution in [-0.2, 0) is 13.3 Å². The molecule has 0 unspecified atom stereocenters. The Labute approximate surface area is 145 Å². The molecule has 0 aliphatic carbocycles. The number of nitrogens with zero attached hydrogens (tertiary/aromatic N) is 1. The molecule has 0 rings (SSSR count). The van der Waals surface area contributed by atoms with Crippen molar-refractivity contribution in [1.82, 2.24) is 10.2 Å². The smallest absolute Gasteiger partial charge is 0.373 e. The summed E-state index contributed by atoms with van der Waals surface area (Å²) in [6, 6.07) is 0. The predicted molar refractivity (Wildman–Crippen MR) is 99.7 cm³/mol. The van der Waals surface area contributed by atoms with E-state index in [0.717, 1.165) is 19.3 Å². The van der Waals surface area contributed by atoms with Gasteiger partial charge in [0.15, 0.2) is 0 Å². The summed E-state index contributed by atoms with van der Waals surface area (Å²) >= 11 is 0. The lowest BCUT2D eigenvalue weighted by molar-refractivity contribution is 0.0405. The summed E-state index contributed by atoms with van der Waals surface area (Å²) in [6.07, 6.45) is 0.720. The van der Waals surface area contributed by atoms with Crippen molar-refractivity contribution < 1.29 is 13.3 Å². The molecule has 0 aromatic rings. The average Bonchev–Trinajstić information content (AvgIpc) is 2.36. The first-order chi connectivity index (χ1) is 10.5. The van der Waals surface area contributed by atoms with E-state index in [0.29, 0.717) is 19.8 Å². The highest BCUT2D eigenvalue weighted by Crippen LogP contribution is 2.19. The number of nitrogens with one attached hydrogen (secondary N) is 1. The lowest BCUT2D eigenvalue weighted by atomic mass is 10.1. The van der Waals surface area contributed by atoms with Crippen molar-refractivity contribution >= 4 is 8.80 Å². The van der Waals surface area contributed by atoms with Gasteiger partial charge in [0.2, 0.25) is 0 Å². The summed E-state index contributed by atoms with van der Waals surface area (Å²) in [5.74, 6) is 0. The maximum absolute atomic E-state index is 6.02. The van der Waals surface area contributed by atoms with Crippen molar-refractivity contribution in [3.8, 4) is 0 Å². The van der Waals surface area contributed by atoms with Gasteiger partial charge in [0.05, 0.1) is 6.17 Å². The molecule has 0 spiro atoms. The van der Waals surface area contributed by atoms with Crippen LogP contribution in [0.1, 0.15) is 62.3 Å². The van der Waals surface area contributed by atoms with Gasteiger partial charge in [0.25, 0.3) is 0 Å². The van der Waals surface area contributed by atoms with Crippen LogP contribution in [0.4, 0.5) is 0 Å². The van der Waals surface area contributed by atoms with Crippen LogP contribution in [0.15, 0.2) is 0 Å². The minimum atomic E-state index is -2.67. The van der Waals surface area contributed by atoms with Crippen LogP contribution in [0.2, 0.25) is 0 Å². The third-order valence-electron chi connectivity index (χ3n) is 3.46. The van der Waals surface area contributed by atoms with Crippen molar-refractivity contribution in [3.05, 3.63) is 0 Å². The molecule has 6 heteroatoms. The Bertz CT molecular complexity index is 297. The summed E-state index contributed by atoms with van der Waals surface area (Å²) in [7, 11) is -2.67. The largest absolute Gasteiger partial charge is 0.515 e. The molecule has 0 aromatic carbocycles. The Morgan fingerprint density at radius 2 is 1.26 bits per heavy atom. The van der Waals surface area contributed by atoms with E-state index < -0.39 is 8.80 Å². The van der Waals surface area contributed by atoms with Crippen molar-refractivity contribution in [2.75, 3.05) is 39.1 Å². The highest BCUT2D eigenvalue weighted by Gasteiger charge is 2.44. The molecule has 23 heavy (non-hydrogen) atoms. The summed E-state index contributed by atoms with van der Waals surface area (Å²) < 4.78 is 18.0. The first kappa shape index (κ1) is 23.0. The molecule has 0 fully saturated rings. The topological polar surface area (TPSA) is 43.0 Å². The van der Waals surface area contributed by atoms with Gasteiger partial charge in [-0.3, -0.25) is 4.90 Å². The molecule has 1 N–H and O–H groups in total. The summed E-state index contributed by atoms with van der Waals surface area (Å²) in [6.45, 7) is 23.0. The van der Waals surface area contributed by atoms with Gasteiger partial charge in [0.1, 0.15) is 0 Å². The fourth-order valence-corrected chi connectivity index (χ4v) is 5.32. The van der Waals surface area contributed by atoms with E-state index >= 15 is 0 Å². The van der Waals surface area contributed by atoms with E-state index in [-0.39, 0.29) is 11.1 Å². The molecule has 0 amide bonds. The van der Waals surface area contributed by atoms with Crippen molar-refractivity contribution in [2.45, 2.75) is 73.4 Å². The summed E-state index contributed by atoms with van der Waals surface area (Å²) in [4.78, 5) is 2.42. The Morgan fingerprint density at radius 1 is 0.826 bits per heavy atom. The van der Waals surface area contributed by atoms with Crippen molar-refractivity contribution in [2.24, 2.45) is 0 Å². The number of hydrogen-bond acceptors (Lipinski definition) is 5. The molecule has 0 atom stereocenters. The van der Waals surface area contributed by atoms with Crippen LogP contribution in [-0.4, -0.2) is 63.9 Å². The van der Waals surface area contributed by atoms with E-state index in [1.807, 2.05) is 20.8 Å². The monoisotopic (exact) mass is 348 g/mol. The van der Waals surface area contributed by atoms with Crippen LogP contribution in [0.25, 0.3) is 0 Å². The van der Waals surface area contributed by atoms with Gasteiger partial charge in [-0.15, -0.1) is 0 Å². The van der Waals surface area contributed by atoms with Gasteiger partial charge in [-0.1, -0.05) is 0 Å². The second kappa shape index (κ2) is 10.1. The SMILES string of the molecule is CCO[Si](CN(CCNC(C)(C)C)C(C)(C)C)(OCC)OCC. The van der Waals surface area contributed by atoms with Crippen LogP contribution in [0.3, 0.4) is 0 Å². The van der Waals surface area contributed by atoms with E-state index in [4.69, 9.17) is 13.3 Å². The van der Waals surface area contributed by atoms with E-state index in [1.165, 1.54) is 0 Å². The third-order valence-corrected chi connectivity index (χ3v) is 6.42. The zero-order valence-electron chi connectivity index (χ0n) is 16.9. The molecule has 0 aliphatic heterocycles. The lowest BCUT2D eigenvalue weighted by Crippen LogP contribution is -2.60. The molecule has 0 aliphatic rings. The van der Waals surface area contributed by atoms with Gasteiger partial charge >= 0.3 is 8.80 Å². The molecule has 140 valence electrons. The van der Waals surface area contributed by atoms with Gasteiger partial charge in [-0.25, -0.2) is 0 Å². The fourth-order valence-electron chi connectivity index (χ4n) is 2.37. The molecule has 0 bridgehead atoms. The summed E-state index contributed by atoms with van der Waals surface area (Å²) in [5.41, 5.74) is 0.154. The van der Waals surface area contributed by atoms with Crippen LogP contribution in [0, 0.1) is 0 Å². The van der Waals surface area contributed by atoms with E-state index in [2.05, 4.69) is 51.8 Å². The standard InChI is InChI=1S/C17H40N2O3Si/c1-10-20-23(21-11-2,22-12-3)15-19(17(7,8)9)14-13-18-16(4,5)6/h18H,10-15H2,1-9H3. The molecular formula is C17H40N2O3Si. The first-order valence-electron chi connectivity index (χ1n) is 8.91. The zero-order chi connectivity index (χ0) is 18.1. The van der Waals surface area contributed by atoms with Gasteiger partial charge in [0, 0.05) is 44.0 Å². The maximum atomic E-state index is 6.02. The number of hydrogen-bond donors (Lipinski definition) is 1. The Hall–Kier alpha value is 0.0169. The lowest BCUT2D eigenvalue weighted by Gasteiger charge is -2.41. The zero-order valence-corrected chi connectivity index (χ0v) is 17.9. The second-order valence-corrected chi connectivity index (χ2v) is 10.3. The fraction of sp³-hybridized carbons (Fsp3) is 1.00. The first-order valence-corrected chi connectivity index (χ1v) is 10.8. The minimum Gasteiger partial charge on any atom is -0.373 e. The van der Waals surface area contributed by atoms with Crippen molar-refractivity contribution in [3.63, 3.8) is 0 Å². The number of rotatable bonds is 11. The van der Waals surface area contributed by atoms with Crippen molar-refractivity contribution in [1.29, 1.82) is 0 Å². The third kappa shape index (κ3) is 9.79. The highest BCUT2D eigenvalue weighted by molar-refractivity contribution is 6.60. The van der Waals surface area contributed by atoms with E-state index in [9.17, 15) is 0 Å². The summed E-state index contributed by atoms with van der Waals surface area (Å²) in [5, 5.41) is 3.56. The average molecular weight is 349 g/mol. The molecule has 0 saturated carbocycles. The quantitative estimate of drug-likeness (QED) is 0.581. The van der Waals surface area contributed by atoms with Gasteiger partial charge in [-0.2, -0.15) is 0 Å². The van der Waals surface area contributed by atoms with Crippen LogP contribution in [0.5, 0.6) is 0 Å². The highest BCUT2D eigenvalue weighted by atomic mass is 28.4. The minimum absolute atomic E-state index is 0.0309. The molecule has 5 nitrogen and oxygen atoms in total. The molecule has 0 aromatic heterocycles. The normalized spacial score (nSPS) is 13.8. The Balaban J connectivity index is 5.05. The maximum Gasteiger partial charge on any atom is 0.515 e. The van der Waals surface area contributed by atoms with Crippen LogP contribution >= 0.6 is 0 Å². The van der Waals surface area contributed by atoms with E-state index in [1.54, 1.807) is 0 Å². The van der Waals surface area contributed by atoms with Gasteiger partial charge < -0.3 is 18.6 Å². The molecular weight excluding hydrogens is 308 g/mol. The Kier molecular flexibility index (Phi) is 10.1. The molecule has 0 saturated heterocycles. The molecule has 0 heterocycles. The second-order valence-electron chi connectivity index (χ2n) is 7.75. The predicted octanol–water partition coefficient (Wildman–Crippen LogP) is 3.06.